The van der Waals surface area contributed by atoms with Gasteiger partial charge in [0.1, 0.15) is 0 Å². The maximum Gasteiger partial charge on any atom is 0.230 e. The summed E-state index contributed by atoms with van der Waals surface area (Å²) in [5.41, 5.74) is 0.875. The van der Waals surface area contributed by atoms with Gasteiger partial charge < -0.3 is 4.90 Å². The zero-order valence-corrected chi connectivity index (χ0v) is 15.9. The highest BCUT2D eigenvalue weighted by molar-refractivity contribution is 7.90. The summed E-state index contributed by atoms with van der Waals surface area (Å²) < 4.78 is 26.8. The van der Waals surface area contributed by atoms with E-state index >= 15 is 0 Å². The number of rotatable bonds is 6. The number of halogens is 1. The highest BCUT2D eigenvalue weighted by atomic mass is 35.5. The summed E-state index contributed by atoms with van der Waals surface area (Å²) in [6.07, 6.45) is 0.474. The number of carbonyl (C=O) groups excluding carboxylic acids is 1. The second-order valence-corrected chi connectivity index (χ2v) is 9.00. The molecule has 1 aromatic carbocycles. The van der Waals surface area contributed by atoms with Gasteiger partial charge in [-0.3, -0.25) is 4.79 Å². The Balaban J connectivity index is 2.17. The third-order valence-electron chi connectivity index (χ3n) is 4.38. The molecule has 2 unspecified atom stereocenters. The second kappa shape index (κ2) is 7.85. The molecule has 1 heterocycles. The van der Waals surface area contributed by atoms with Crippen LogP contribution in [0.25, 0.3) is 0 Å². The largest absolute Gasteiger partial charge is 0.341 e. The smallest absolute Gasteiger partial charge is 0.230 e. The molecule has 24 heavy (non-hydrogen) atoms. The molecule has 1 saturated heterocycles. The summed E-state index contributed by atoms with van der Waals surface area (Å²) in [6.45, 7) is 6.82. The molecule has 5 nitrogen and oxygen atoms in total. The van der Waals surface area contributed by atoms with E-state index < -0.39 is 15.3 Å². The molecule has 2 atom stereocenters. The molecule has 1 aliphatic heterocycles. The third kappa shape index (κ3) is 4.29. The quantitative estimate of drug-likeness (QED) is 0.834. The Hall–Kier alpha value is -1.11. The lowest BCUT2D eigenvalue weighted by molar-refractivity contribution is -0.132. The van der Waals surface area contributed by atoms with Crippen molar-refractivity contribution in [1.82, 2.24) is 9.62 Å². The first-order valence-electron chi connectivity index (χ1n) is 8.29. The summed E-state index contributed by atoms with van der Waals surface area (Å²) in [7, 11) is -3.36. The van der Waals surface area contributed by atoms with E-state index in [2.05, 4.69) is 4.72 Å². The summed E-state index contributed by atoms with van der Waals surface area (Å²) in [4.78, 5) is 14.7. The maximum atomic E-state index is 13.0. The van der Waals surface area contributed by atoms with Crippen LogP contribution in [0.4, 0.5) is 0 Å². The topological polar surface area (TPSA) is 66.5 Å². The maximum absolute atomic E-state index is 13.0. The van der Waals surface area contributed by atoms with Crippen LogP contribution in [-0.2, 0) is 14.8 Å². The summed E-state index contributed by atoms with van der Waals surface area (Å²) in [5.74, 6) is -0.244. The van der Waals surface area contributed by atoms with Crippen LogP contribution in [-0.4, -0.2) is 44.1 Å². The van der Waals surface area contributed by atoms with Gasteiger partial charge in [0.15, 0.2) is 0 Å². The number of amides is 1. The van der Waals surface area contributed by atoms with Crippen LogP contribution in [0, 0.1) is 5.92 Å². The zero-order chi connectivity index (χ0) is 17.9. The minimum Gasteiger partial charge on any atom is -0.341 e. The average Bonchev–Trinajstić information content (AvgIpc) is 2.97. The number of nitrogens with zero attached hydrogens (tertiary/aromatic N) is 1. The Bertz CT molecular complexity index is 691. The molecule has 2 rings (SSSR count). The number of nitrogens with one attached hydrogen (secondary N) is 1. The zero-order valence-electron chi connectivity index (χ0n) is 14.3. The van der Waals surface area contributed by atoms with Crippen molar-refractivity contribution in [1.29, 1.82) is 0 Å². The van der Waals surface area contributed by atoms with Crippen LogP contribution < -0.4 is 4.72 Å². The highest BCUT2D eigenvalue weighted by Crippen LogP contribution is 2.30. The van der Waals surface area contributed by atoms with E-state index in [9.17, 15) is 13.2 Å². The molecule has 0 aromatic heterocycles. The van der Waals surface area contributed by atoms with Crippen LogP contribution in [0.15, 0.2) is 24.3 Å². The van der Waals surface area contributed by atoms with Crippen molar-refractivity contribution in [2.45, 2.75) is 38.4 Å². The van der Waals surface area contributed by atoms with Gasteiger partial charge in [-0.2, -0.15) is 0 Å². The van der Waals surface area contributed by atoms with Crippen LogP contribution in [0.2, 0.25) is 5.02 Å². The fourth-order valence-corrected chi connectivity index (χ4v) is 4.84. The lowest BCUT2D eigenvalue weighted by Crippen LogP contribution is -2.39. The van der Waals surface area contributed by atoms with Gasteiger partial charge in [0.2, 0.25) is 15.9 Å². The van der Waals surface area contributed by atoms with Crippen molar-refractivity contribution < 1.29 is 13.2 Å². The lowest BCUT2D eigenvalue weighted by Gasteiger charge is -2.26. The van der Waals surface area contributed by atoms with E-state index in [0.717, 1.165) is 5.56 Å². The van der Waals surface area contributed by atoms with Gasteiger partial charge in [-0.05, 0) is 30.0 Å². The molecule has 0 bridgehead atoms. The molecule has 1 N–H and O–H groups in total. The Morgan fingerprint density at radius 1 is 1.42 bits per heavy atom. The molecule has 1 aliphatic rings. The minimum absolute atomic E-state index is 0.0264. The Kier molecular flexibility index (Phi) is 6.28. The standard InChI is InChI=1S/C17H25ClN2O3S/c1-4-19-24(22,23)15-8-9-20(11-15)17(21)16(12(2)3)13-6-5-7-14(18)10-13/h5-7,10,12,15-16,19H,4,8-9,11H2,1-3H3. The van der Waals surface area contributed by atoms with Crippen LogP contribution >= 0.6 is 11.6 Å². The van der Waals surface area contributed by atoms with Gasteiger partial charge in [0, 0.05) is 24.7 Å². The molecule has 0 spiro atoms. The molecule has 0 saturated carbocycles. The van der Waals surface area contributed by atoms with E-state index in [4.69, 9.17) is 11.6 Å². The first kappa shape index (κ1) is 19.2. The van der Waals surface area contributed by atoms with Gasteiger partial charge in [0.25, 0.3) is 0 Å². The SMILES string of the molecule is CCNS(=O)(=O)C1CCN(C(=O)C(c2cccc(Cl)c2)C(C)C)C1. The molecule has 0 aliphatic carbocycles. The summed E-state index contributed by atoms with van der Waals surface area (Å²) >= 11 is 6.06. The van der Waals surface area contributed by atoms with Gasteiger partial charge >= 0.3 is 0 Å². The number of likely N-dealkylation sites (tertiary alicyclic amines) is 1. The molecule has 1 fully saturated rings. The fraction of sp³-hybridized carbons (Fsp3) is 0.588. The number of sulfonamides is 1. The van der Waals surface area contributed by atoms with Crippen molar-refractivity contribution in [3.05, 3.63) is 34.9 Å². The number of hydrogen-bond donors (Lipinski definition) is 1. The molecular weight excluding hydrogens is 348 g/mol. The first-order valence-corrected chi connectivity index (χ1v) is 10.2. The minimum atomic E-state index is -3.36. The first-order chi connectivity index (χ1) is 11.3. The average molecular weight is 373 g/mol. The molecule has 1 amide bonds. The predicted molar refractivity (Wildman–Crippen MR) is 96.6 cm³/mol. The van der Waals surface area contributed by atoms with Crippen LogP contribution in [0.3, 0.4) is 0 Å². The fourth-order valence-electron chi connectivity index (χ4n) is 3.21. The lowest BCUT2D eigenvalue weighted by atomic mass is 9.87. The Labute approximate surface area is 149 Å². The van der Waals surface area contributed by atoms with Gasteiger partial charge in [-0.15, -0.1) is 0 Å². The highest BCUT2D eigenvalue weighted by Gasteiger charge is 2.38. The number of benzene rings is 1. The number of carbonyl (C=O) groups is 1. The van der Waals surface area contributed by atoms with E-state index in [0.29, 0.717) is 24.5 Å². The van der Waals surface area contributed by atoms with Crippen molar-refractivity contribution in [2.24, 2.45) is 5.92 Å². The van der Waals surface area contributed by atoms with E-state index in [1.54, 1.807) is 17.9 Å². The van der Waals surface area contributed by atoms with Gasteiger partial charge in [0.05, 0.1) is 11.2 Å². The van der Waals surface area contributed by atoms with Crippen LogP contribution in [0.5, 0.6) is 0 Å². The third-order valence-corrected chi connectivity index (χ3v) is 6.57. The van der Waals surface area contributed by atoms with Crippen molar-refractivity contribution in [3.8, 4) is 0 Å². The predicted octanol–water partition coefficient (Wildman–Crippen LogP) is 2.62. The summed E-state index contributed by atoms with van der Waals surface area (Å²) in [6, 6.07) is 7.33. The second-order valence-electron chi connectivity index (χ2n) is 6.51. The van der Waals surface area contributed by atoms with E-state index in [1.807, 2.05) is 32.0 Å². The van der Waals surface area contributed by atoms with Gasteiger partial charge in [-0.1, -0.05) is 44.5 Å². The normalized spacial score (nSPS) is 19.7. The molecule has 1 aromatic rings. The molecular formula is C17H25ClN2O3S. The number of hydrogen-bond acceptors (Lipinski definition) is 3. The van der Waals surface area contributed by atoms with Crippen molar-refractivity contribution in [3.63, 3.8) is 0 Å². The van der Waals surface area contributed by atoms with E-state index in [-0.39, 0.29) is 24.3 Å². The van der Waals surface area contributed by atoms with Crippen molar-refractivity contribution >= 4 is 27.5 Å². The molecule has 7 heteroatoms. The Morgan fingerprint density at radius 3 is 2.71 bits per heavy atom. The Morgan fingerprint density at radius 2 is 2.12 bits per heavy atom. The van der Waals surface area contributed by atoms with E-state index in [1.165, 1.54) is 0 Å². The summed E-state index contributed by atoms with van der Waals surface area (Å²) in [5, 5.41) is 0.0635. The van der Waals surface area contributed by atoms with Crippen molar-refractivity contribution in [2.75, 3.05) is 19.6 Å². The van der Waals surface area contributed by atoms with Gasteiger partial charge in [-0.25, -0.2) is 13.1 Å². The monoisotopic (exact) mass is 372 g/mol. The molecule has 134 valence electrons. The molecule has 0 radical (unpaired) electrons. The van der Waals surface area contributed by atoms with Crippen LogP contribution in [0.1, 0.15) is 38.7 Å².